The molecule has 3 rings (SSSR count). The van der Waals surface area contributed by atoms with Crippen LogP contribution in [-0.2, 0) is 13.0 Å². The molecule has 1 atom stereocenters. The number of rotatable bonds is 3. The third-order valence-corrected chi connectivity index (χ3v) is 4.66. The molecular formula is C20H24O2. The molecule has 1 aliphatic heterocycles. The predicted molar refractivity (Wildman–Crippen MR) is 89.8 cm³/mol. The van der Waals surface area contributed by atoms with Crippen LogP contribution in [0.4, 0.5) is 0 Å². The van der Waals surface area contributed by atoms with Crippen LogP contribution < -0.4 is 9.47 Å². The Morgan fingerprint density at radius 1 is 1.05 bits per heavy atom. The van der Waals surface area contributed by atoms with E-state index in [1.165, 1.54) is 27.8 Å². The highest BCUT2D eigenvalue weighted by Gasteiger charge is 2.24. The van der Waals surface area contributed by atoms with Gasteiger partial charge in [-0.05, 0) is 62.8 Å². The molecule has 0 spiro atoms. The summed E-state index contributed by atoms with van der Waals surface area (Å²) in [6.07, 6.45) is 2.46. The van der Waals surface area contributed by atoms with Gasteiger partial charge in [-0.2, -0.15) is 0 Å². The molecule has 2 aromatic rings. The summed E-state index contributed by atoms with van der Waals surface area (Å²) in [4.78, 5) is 0. The van der Waals surface area contributed by atoms with Gasteiger partial charge in [0, 0.05) is 5.56 Å². The van der Waals surface area contributed by atoms with Crippen LogP contribution >= 0.6 is 0 Å². The summed E-state index contributed by atoms with van der Waals surface area (Å²) in [5, 5.41) is 0. The highest BCUT2D eigenvalue weighted by molar-refractivity contribution is 5.58. The third-order valence-electron chi connectivity index (χ3n) is 4.66. The monoisotopic (exact) mass is 296 g/mol. The van der Waals surface area contributed by atoms with Crippen molar-refractivity contribution in [1.29, 1.82) is 0 Å². The first-order chi connectivity index (χ1) is 10.6. The Hall–Kier alpha value is -1.96. The Kier molecular flexibility index (Phi) is 4.10. The van der Waals surface area contributed by atoms with Gasteiger partial charge in [-0.25, -0.2) is 0 Å². The molecule has 1 unspecified atom stereocenters. The van der Waals surface area contributed by atoms with Crippen molar-refractivity contribution >= 4 is 0 Å². The Morgan fingerprint density at radius 3 is 2.50 bits per heavy atom. The number of hydrogen-bond donors (Lipinski definition) is 0. The zero-order valence-corrected chi connectivity index (χ0v) is 13.9. The number of fused-ring (bicyclic) bond motifs is 1. The summed E-state index contributed by atoms with van der Waals surface area (Å²) < 4.78 is 12.3. The molecule has 22 heavy (non-hydrogen) atoms. The lowest BCUT2D eigenvalue weighted by Gasteiger charge is -2.29. The summed E-state index contributed by atoms with van der Waals surface area (Å²) in [6, 6.07) is 10.3. The Morgan fingerprint density at radius 2 is 1.77 bits per heavy atom. The molecule has 0 bridgehead atoms. The lowest BCUT2D eigenvalue weighted by Crippen LogP contribution is -2.21. The normalized spacial score (nSPS) is 16.8. The van der Waals surface area contributed by atoms with E-state index in [0.717, 1.165) is 24.3 Å². The van der Waals surface area contributed by atoms with Gasteiger partial charge in [0.05, 0.1) is 6.10 Å². The SMILES string of the molecule is Cc1c(C)c2c(c(C)c1OCc1ccccc1)CCC(C)O2. The van der Waals surface area contributed by atoms with Gasteiger partial charge in [0.25, 0.3) is 0 Å². The summed E-state index contributed by atoms with van der Waals surface area (Å²) in [5.74, 6) is 2.11. The minimum atomic E-state index is 0.307. The molecule has 2 nitrogen and oxygen atoms in total. The second-order valence-electron chi connectivity index (χ2n) is 6.25. The van der Waals surface area contributed by atoms with Crippen molar-refractivity contribution in [3.8, 4) is 11.5 Å². The van der Waals surface area contributed by atoms with Crippen LogP contribution in [0.15, 0.2) is 30.3 Å². The Labute approximate surface area is 133 Å². The van der Waals surface area contributed by atoms with Crippen molar-refractivity contribution in [2.45, 2.75) is 53.2 Å². The molecular weight excluding hydrogens is 272 g/mol. The Balaban J connectivity index is 1.93. The van der Waals surface area contributed by atoms with E-state index in [1.54, 1.807) is 0 Å². The van der Waals surface area contributed by atoms with Crippen LogP contribution in [0.3, 0.4) is 0 Å². The first kappa shape index (κ1) is 15.0. The first-order valence-corrected chi connectivity index (χ1v) is 8.04. The van der Waals surface area contributed by atoms with Gasteiger partial charge in [0.15, 0.2) is 0 Å². The van der Waals surface area contributed by atoms with Gasteiger partial charge in [-0.15, -0.1) is 0 Å². The predicted octanol–water partition coefficient (Wildman–Crippen LogP) is 4.90. The molecule has 2 aromatic carbocycles. The van der Waals surface area contributed by atoms with E-state index < -0.39 is 0 Å². The van der Waals surface area contributed by atoms with Gasteiger partial charge < -0.3 is 9.47 Å². The van der Waals surface area contributed by atoms with E-state index in [1.807, 2.05) is 18.2 Å². The molecule has 0 saturated heterocycles. The summed E-state index contributed by atoms with van der Waals surface area (Å²) in [7, 11) is 0. The topological polar surface area (TPSA) is 18.5 Å². The van der Waals surface area contributed by atoms with Gasteiger partial charge in [-0.3, -0.25) is 0 Å². The summed E-state index contributed by atoms with van der Waals surface area (Å²) in [5.41, 5.74) is 6.17. The molecule has 1 aliphatic rings. The van der Waals surface area contributed by atoms with Crippen LogP contribution in [0.5, 0.6) is 11.5 Å². The highest BCUT2D eigenvalue weighted by atomic mass is 16.5. The van der Waals surface area contributed by atoms with E-state index in [9.17, 15) is 0 Å². The van der Waals surface area contributed by atoms with Gasteiger partial charge in [0.1, 0.15) is 18.1 Å². The zero-order valence-electron chi connectivity index (χ0n) is 13.9. The van der Waals surface area contributed by atoms with Crippen LogP contribution in [0.1, 0.15) is 41.2 Å². The van der Waals surface area contributed by atoms with Crippen molar-refractivity contribution < 1.29 is 9.47 Å². The molecule has 0 aromatic heterocycles. The zero-order chi connectivity index (χ0) is 15.7. The standard InChI is InChI=1S/C20H24O2/c1-13-10-11-18-16(4)19(14(2)15(3)20(18)22-13)21-12-17-8-6-5-7-9-17/h5-9,13H,10-12H2,1-4H3. The highest BCUT2D eigenvalue weighted by Crippen LogP contribution is 2.41. The van der Waals surface area contributed by atoms with Crippen molar-refractivity contribution in [1.82, 2.24) is 0 Å². The van der Waals surface area contributed by atoms with Crippen molar-refractivity contribution in [3.05, 3.63) is 58.1 Å². The Bertz CT molecular complexity index is 674. The van der Waals surface area contributed by atoms with Crippen molar-refractivity contribution in [2.24, 2.45) is 0 Å². The van der Waals surface area contributed by atoms with Crippen molar-refractivity contribution in [2.75, 3.05) is 0 Å². The lowest BCUT2D eigenvalue weighted by atomic mass is 9.92. The second-order valence-corrected chi connectivity index (χ2v) is 6.25. The largest absolute Gasteiger partial charge is 0.490 e. The van der Waals surface area contributed by atoms with Gasteiger partial charge >= 0.3 is 0 Å². The fraction of sp³-hybridized carbons (Fsp3) is 0.400. The third kappa shape index (κ3) is 2.70. The summed E-state index contributed by atoms with van der Waals surface area (Å²) >= 11 is 0. The maximum Gasteiger partial charge on any atom is 0.126 e. The molecule has 1 heterocycles. The molecule has 116 valence electrons. The van der Waals surface area contributed by atoms with E-state index in [4.69, 9.17) is 9.47 Å². The summed E-state index contributed by atoms with van der Waals surface area (Å²) in [6.45, 7) is 9.18. The molecule has 0 aliphatic carbocycles. The average Bonchev–Trinajstić information content (AvgIpc) is 2.53. The van der Waals surface area contributed by atoms with Crippen LogP contribution in [-0.4, -0.2) is 6.10 Å². The van der Waals surface area contributed by atoms with Gasteiger partial charge in [0.2, 0.25) is 0 Å². The van der Waals surface area contributed by atoms with Gasteiger partial charge in [-0.1, -0.05) is 30.3 Å². The molecule has 2 heteroatoms. The molecule has 0 amide bonds. The smallest absolute Gasteiger partial charge is 0.126 e. The fourth-order valence-electron chi connectivity index (χ4n) is 3.17. The second kappa shape index (κ2) is 6.04. The van der Waals surface area contributed by atoms with Crippen LogP contribution in [0.2, 0.25) is 0 Å². The maximum absolute atomic E-state index is 6.17. The van der Waals surface area contributed by atoms with E-state index in [0.29, 0.717) is 12.7 Å². The first-order valence-electron chi connectivity index (χ1n) is 8.04. The quantitative estimate of drug-likeness (QED) is 0.801. The fourth-order valence-corrected chi connectivity index (χ4v) is 3.17. The van der Waals surface area contributed by atoms with E-state index in [2.05, 4.69) is 39.8 Å². The van der Waals surface area contributed by atoms with E-state index >= 15 is 0 Å². The lowest BCUT2D eigenvalue weighted by molar-refractivity contribution is 0.189. The molecule has 0 fully saturated rings. The van der Waals surface area contributed by atoms with Crippen LogP contribution in [0, 0.1) is 20.8 Å². The minimum Gasteiger partial charge on any atom is -0.490 e. The molecule has 0 N–H and O–H groups in total. The number of ether oxygens (including phenoxy) is 2. The average molecular weight is 296 g/mol. The van der Waals surface area contributed by atoms with Crippen molar-refractivity contribution in [3.63, 3.8) is 0 Å². The number of hydrogen-bond acceptors (Lipinski definition) is 2. The van der Waals surface area contributed by atoms with E-state index in [-0.39, 0.29) is 0 Å². The molecule has 0 radical (unpaired) electrons. The minimum absolute atomic E-state index is 0.307. The maximum atomic E-state index is 6.17. The number of benzene rings is 2. The van der Waals surface area contributed by atoms with Crippen LogP contribution in [0.25, 0.3) is 0 Å². The molecule has 0 saturated carbocycles.